The highest BCUT2D eigenvalue weighted by atomic mass is 35.5. The maximum Gasteiger partial charge on any atom is 0.208 e. The third-order valence-electron chi connectivity index (χ3n) is 3.29. The van der Waals surface area contributed by atoms with Gasteiger partial charge in [-0.05, 0) is 38.0 Å². The Morgan fingerprint density at radius 1 is 1.52 bits per heavy atom. The first kappa shape index (κ1) is 17.8. The molecular weight excluding hydrogens is 288 g/mol. The minimum atomic E-state index is 0.116. The van der Waals surface area contributed by atoms with E-state index in [1.807, 2.05) is 43.1 Å². The van der Waals surface area contributed by atoms with Gasteiger partial charge in [-0.2, -0.15) is 0 Å². The van der Waals surface area contributed by atoms with Crippen molar-refractivity contribution in [2.24, 2.45) is 10.8 Å². The summed E-state index contributed by atoms with van der Waals surface area (Å²) in [6.45, 7) is 6.18. The highest BCUT2D eigenvalue weighted by Gasteiger charge is 2.15. The van der Waals surface area contributed by atoms with Gasteiger partial charge in [0.2, 0.25) is 5.96 Å². The van der Waals surface area contributed by atoms with Crippen molar-refractivity contribution in [3.05, 3.63) is 34.9 Å². The molecule has 0 aliphatic rings. The van der Waals surface area contributed by atoms with E-state index in [0.717, 1.165) is 23.6 Å². The van der Waals surface area contributed by atoms with Crippen molar-refractivity contribution in [3.8, 4) is 0 Å². The van der Waals surface area contributed by atoms with Gasteiger partial charge in [-0.15, -0.1) is 0 Å². The Kier molecular flexibility index (Phi) is 8.12. The molecule has 0 amide bonds. The number of halogens is 1. The van der Waals surface area contributed by atoms with Crippen LogP contribution >= 0.6 is 11.6 Å². The molecule has 0 saturated heterocycles. The number of nitrogens with two attached hydrogens (primary N) is 1. The molecule has 1 aromatic rings. The molecule has 0 aliphatic heterocycles. The lowest BCUT2D eigenvalue weighted by molar-refractivity contribution is 0.146. The fourth-order valence-electron chi connectivity index (χ4n) is 1.93. The first-order valence-electron chi connectivity index (χ1n) is 7.17. The van der Waals surface area contributed by atoms with E-state index in [1.165, 1.54) is 0 Å². The van der Waals surface area contributed by atoms with Gasteiger partial charge in [0.05, 0.1) is 6.04 Å². The van der Waals surface area contributed by atoms with E-state index >= 15 is 0 Å². The Balaban J connectivity index is 2.64. The zero-order valence-corrected chi connectivity index (χ0v) is 13.7. The van der Waals surface area contributed by atoms with Gasteiger partial charge in [0.25, 0.3) is 0 Å². The highest BCUT2D eigenvalue weighted by molar-refractivity contribution is 6.30. The molecule has 0 aromatic heterocycles. The van der Waals surface area contributed by atoms with E-state index in [-0.39, 0.29) is 6.04 Å². The molecule has 6 heteroatoms. The molecule has 3 N–H and O–H groups in total. The fourth-order valence-corrected chi connectivity index (χ4v) is 2.13. The van der Waals surface area contributed by atoms with Gasteiger partial charge in [0, 0.05) is 31.8 Å². The van der Waals surface area contributed by atoms with Gasteiger partial charge >= 0.3 is 0 Å². The van der Waals surface area contributed by atoms with Crippen LogP contribution in [0.2, 0.25) is 5.02 Å². The Labute approximate surface area is 132 Å². The summed E-state index contributed by atoms with van der Waals surface area (Å²) in [5, 5.41) is 0.726. The number of rotatable bonds is 7. The van der Waals surface area contributed by atoms with Gasteiger partial charge in [0.1, 0.15) is 0 Å². The lowest BCUT2D eigenvalue weighted by Gasteiger charge is -2.28. The Bertz CT molecular complexity index is 453. The van der Waals surface area contributed by atoms with E-state index in [0.29, 0.717) is 19.1 Å². The average Bonchev–Trinajstić information content (AvgIpc) is 2.49. The number of guanidine groups is 1. The minimum absolute atomic E-state index is 0.116. The van der Waals surface area contributed by atoms with Crippen LogP contribution in [0, 0.1) is 0 Å². The molecule has 0 radical (unpaired) electrons. The lowest BCUT2D eigenvalue weighted by atomic mass is 10.1. The van der Waals surface area contributed by atoms with Gasteiger partial charge < -0.3 is 9.64 Å². The highest BCUT2D eigenvalue weighted by Crippen LogP contribution is 2.21. The zero-order valence-electron chi connectivity index (χ0n) is 13.0. The third kappa shape index (κ3) is 5.91. The molecule has 0 saturated carbocycles. The molecule has 0 spiro atoms. The molecule has 0 bridgehead atoms. The zero-order chi connectivity index (χ0) is 15.7. The smallest absolute Gasteiger partial charge is 0.208 e. The molecule has 1 aromatic carbocycles. The summed E-state index contributed by atoms with van der Waals surface area (Å²) in [5.74, 6) is 6.23. The van der Waals surface area contributed by atoms with E-state index in [2.05, 4.69) is 17.3 Å². The number of nitrogens with zero attached hydrogens (tertiary/aromatic N) is 2. The SMILES string of the molecule is CCOCCCN=C(NN)N(C)C(C)c1cccc(Cl)c1. The Morgan fingerprint density at radius 3 is 2.90 bits per heavy atom. The molecule has 0 aliphatic carbocycles. The van der Waals surface area contributed by atoms with Gasteiger partial charge in [-0.1, -0.05) is 23.7 Å². The van der Waals surface area contributed by atoms with Crippen LogP contribution < -0.4 is 11.3 Å². The minimum Gasteiger partial charge on any atom is -0.382 e. The normalized spacial score (nSPS) is 13.1. The number of hydrogen-bond donors (Lipinski definition) is 2. The predicted molar refractivity (Wildman–Crippen MR) is 88.4 cm³/mol. The molecular formula is C15H25ClN4O. The van der Waals surface area contributed by atoms with E-state index < -0.39 is 0 Å². The van der Waals surface area contributed by atoms with Crippen LogP contribution in [0.3, 0.4) is 0 Å². The largest absolute Gasteiger partial charge is 0.382 e. The maximum atomic E-state index is 6.04. The monoisotopic (exact) mass is 312 g/mol. The summed E-state index contributed by atoms with van der Waals surface area (Å²) < 4.78 is 5.29. The predicted octanol–water partition coefficient (Wildman–Crippen LogP) is 2.58. The van der Waals surface area contributed by atoms with Crippen molar-refractivity contribution in [1.82, 2.24) is 10.3 Å². The van der Waals surface area contributed by atoms with Gasteiger partial charge in [-0.3, -0.25) is 10.4 Å². The third-order valence-corrected chi connectivity index (χ3v) is 3.52. The first-order chi connectivity index (χ1) is 10.1. The summed E-state index contributed by atoms with van der Waals surface area (Å²) in [7, 11) is 1.95. The standard InChI is InChI=1S/C15H25ClN4O/c1-4-21-10-6-9-18-15(19-17)20(3)12(2)13-7-5-8-14(16)11-13/h5,7-8,11-12H,4,6,9-10,17H2,1-3H3,(H,18,19). The molecule has 1 unspecified atom stereocenters. The van der Waals surface area contributed by atoms with Crippen molar-refractivity contribution in [2.45, 2.75) is 26.3 Å². The number of benzene rings is 1. The molecule has 5 nitrogen and oxygen atoms in total. The van der Waals surface area contributed by atoms with Crippen molar-refractivity contribution < 1.29 is 4.74 Å². The van der Waals surface area contributed by atoms with E-state index in [4.69, 9.17) is 22.2 Å². The molecule has 1 atom stereocenters. The van der Waals surface area contributed by atoms with Crippen LogP contribution in [0.5, 0.6) is 0 Å². The van der Waals surface area contributed by atoms with Crippen molar-refractivity contribution in [2.75, 3.05) is 26.8 Å². The van der Waals surface area contributed by atoms with Crippen LogP contribution in [0.25, 0.3) is 0 Å². The summed E-state index contributed by atoms with van der Waals surface area (Å²) in [6.07, 6.45) is 0.873. The number of hydrazine groups is 1. The van der Waals surface area contributed by atoms with Gasteiger partial charge in [0.15, 0.2) is 0 Å². The molecule has 0 heterocycles. The molecule has 0 fully saturated rings. The second kappa shape index (κ2) is 9.60. The Hall–Kier alpha value is -1.30. The topological polar surface area (TPSA) is 62.9 Å². The molecule has 118 valence electrons. The first-order valence-corrected chi connectivity index (χ1v) is 7.55. The van der Waals surface area contributed by atoms with Crippen LogP contribution in [0.4, 0.5) is 0 Å². The second-order valence-corrected chi connectivity index (χ2v) is 5.18. The Morgan fingerprint density at radius 2 is 2.29 bits per heavy atom. The number of hydrogen-bond acceptors (Lipinski definition) is 3. The van der Waals surface area contributed by atoms with Crippen molar-refractivity contribution in [1.29, 1.82) is 0 Å². The average molecular weight is 313 g/mol. The fraction of sp³-hybridized carbons (Fsp3) is 0.533. The van der Waals surface area contributed by atoms with Crippen LogP contribution in [0.15, 0.2) is 29.3 Å². The molecule has 1 rings (SSSR count). The number of ether oxygens (including phenoxy) is 1. The van der Waals surface area contributed by atoms with Crippen LogP contribution in [0.1, 0.15) is 31.9 Å². The lowest BCUT2D eigenvalue weighted by Crippen LogP contribution is -2.44. The van der Waals surface area contributed by atoms with E-state index in [9.17, 15) is 0 Å². The van der Waals surface area contributed by atoms with Crippen LogP contribution in [-0.4, -0.2) is 37.7 Å². The summed E-state index contributed by atoms with van der Waals surface area (Å²) in [5.41, 5.74) is 3.77. The van der Waals surface area contributed by atoms with Crippen molar-refractivity contribution in [3.63, 3.8) is 0 Å². The molecule has 21 heavy (non-hydrogen) atoms. The number of nitrogens with one attached hydrogen (secondary N) is 1. The quantitative estimate of drug-likeness (QED) is 0.267. The summed E-state index contributed by atoms with van der Waals surface area (Å²) >= 11 is 6.04. The van der Waals surface area contributed by atoms with Gasteiger partial charge in [-0.25, -0.2) is 5.84 Å². The maximum absolute atomic E-state index is 6.04. The van der Waals surface area contributed by atoms with Crippen LogP contribution in [-0.2, 0) is 4.74 Å². The summed E-state index contributed by atoms with van der Waals surface area (Å²) in [6, 6.07) is 7.91. The van der Waals surface area contributed by atoms with E-state index in [1.54, 1.807) is 0 Å². The second-order valence-electron chi connectivity index (χ2n) is 4.74. The summed E-state index contributed by atoms with van der Waals surface area (Å²) in [4.78, 5) is 6.47. The van der Waals surface area contributed by atoms with Crippen molar-refractivity contribution >= 4 is 17.6 Å². The number of aliphatic imine (C=N–C) groups is 1.